The van der Waals surface area contributed by atoms with E-state index in [0.29, 0.717) is 0 Å². The van der Waals surface area contributed by atoms with Gasteiger partial charge in [-0.15, -0.1) is 11.3 Å². The molecule has 0 atom stereocenters. The van der Waals surface area contributed by atoms with Crippen molar-refractivity contribution in [3.63, 3.8) is 0 Å². The Morgan fingerprint density at radius 3 is 2.26 bits per heavy atom. The second-order valence-corrected chi connectivity index (χ2v) is 15.9. The van der Waals surface area contributed by atoms with Crippen LogP contribution >= 0.6 is 11.3 Å². The molecule has 1 nitrogen and oxygen atoms in total. The first kappa shape index (κ1) is 32.1. The first-order chi connectivity index (χ1) is 26.2. The first-order valence-electron chi connectivity index (χ1n) is 19.2. The van der Waals surface area contributed by atoms with Gasteiger partial charge in [-0.2, -0.15) is 0 Å². The molecule has 0 amide bonds. The van der Waals surface area contributed by atoms with Crippen molar-refractivity contribution >= 4 is 50.1 Å². The lowest BCUT2D eigenvalue weighted by Crippen LogP contribution is -2.07. The Morgan fingerprint density at radius 2 is 1.40 bits per heavy atom. The number of benzene rings is 5. The highest BCUT2D eigenvalue weighted by Gasteiger charge is 2.24. The van der Waals surface area contributed by atoms with Gasteiger partial charge in [0.05, 0.1) is 5.70 Å². The number of hydrogen-bond acceptors (Lipinski definition) is 2. The highest BCUT2D eigenvalue weighted by atomic mass is 32.1. The molecule has 0 saturated carbocycles. The Balaban J connectivity index is 1.01. The second-order valence-electron chi connectivity index (χ2n) is 14.8. The summed E-state index contributed by atoms with van der Waals surface area (Å²) >= 11 is 1.95. The van der Waals surface area contributed by atoms with Crippen LogP contribution in [0.4, 0.5) is 0 Å². The zero-order valence-corrected chi connectivity index (χ0v) is 31.0. The van der Waals surface area contributed by atoms with E-state index in [0.717, 1.165) is 50.6 Å². The molecule has 0 N–H and O–H groups in total. The fourth-order valence-electron chi connectivity index (χ4n) is 8.91. The number of aryl methyl sites for hydroxylation is 3. The summed E-state index contributed by atoms with van der Waals surface area (Å²) in [6.07, 6.45) is 18.9. The molecule has 0 fully saturated rings. The third-order valence-electron chi connectivity index (χ3n) is 11.7. The molecule has 6 aromatic rings. The van der Waals surface area contributed by atoms with Gasteiger partial charge in [0.2, 0.25) is 0 Å². The molecule has 1 aliphatic heterocycles. The highest BCUT2D eigenvalue weighted by molar-refractivity contribution is 7.20. The number of allylic oxidation sites excluding steroid dienone is 8. The summed E-state index contributed by atoms with van der Waals surface area (Å²) in [5, 5.41) is 1.41. The molecule has 0 unspecified atom stereocenters. The molecular formula is C51H41NS. The number of nitrogens with zero attached hydrogens (tertiary/aromatic N) is 1. The molecule has 0 bridgehead atoms. The van der Waals surface area contributed by atoms with Crippen molar-refractivity contribution in [2.45, 2.75) is 51.9 Å². The predicted molar refractivity (Wildman–Crippen MR) is 228 cm³/mol. The van der Waals surface area contributed by atoms with Crippen molar-refractivity contribution in [3.05, 3.63) is 189 Å². The Hall–Kier alpha value is -5.57. The van der Waals surface area contributed by atoms with Crippen LogP contribution in [0, 0.1) is 0 Å². The number of thiophene rings is 1. The summed E-state index contributed by atoms with van der Waals surface area (Å²) < 4.78 is 1.38. The average molecular weight is 700 g/mol. The monoisotopic (exact) mass is 699 g/mol. The summed E-state index contributed by atoms with van der Waals surface area (Å²) in [6.45, 7) is 2.25. The standard InChI is InChI=1S/C51H41NS/c1-33-42(37-21-19-35(20-22-37)34-11-4-2-5-12-34)29-30-47(52-51(33)39-14-6-3-7-15-39)41-26-28-46-45-27-25-40(31-48(45)53-49(46)32-41)44-18-10-16-38-24-23-36-13-8-9-17-43(36)50(38)44/h2-4,6-11,13-22,25,27,29,31-32H,5,12,23-24,26,28,30H2,1H3. The smallest absolute Gasteiger partial charge is 0.0740 e. The van der Waals surface area contributed by atoms with E-state index in [1.54, 1.807) is 0 Å². The minimum Gasteiger partial charge on any atom is -0.252 e. The van der Waals surface area contributed by atoms with E-state index >= 15 is 0 Å². The third-order valence-corrected chi connectivity index (χ3v) is 12.8. The predicted octanol–water partition coefficient (Wildman–Crippen LogP) is 13.8. The van der Waals surface area contributed by atoms with Gasteiger partial charge in [-0.05, 0) is 135 Å². The maximum Gasteiger partial charge on any atom is 0.0740 e. The van der Waals surface area contributed by atoms with E-state index in [9.17, 15) is 0 Å². The van der Waals surface area contributed by atoms with Gasteiger partial charge in [0.25, 0.3) is 0 Å². The molecular weight excluding hydrogens is 659 g/mol. The molecule has 0 saturated heterocycles. The van der Waals surface area contributed by atoms with Gasteiger partial charge >= 0.3 is 0 Å². The van der Waals surface area contributed by atoms with Crippen molar-refractivity contribution in [1.29, 1.82) is 0 Å². The Morgan fingerprint density at radius 1 is 0.623 bits per heavy atom. The van der Waals surface area contributed by atoms with Crippen LogP contribution in [-0.4, -0.2) is 5.71 Å². The van der Waals surface area contributed by atoms with Crippen LogP contribution in [0.15, 0.2) is 156 Å². The van der Waals surface area contributed by atoms with Crippen molar-refractivity contribution in [1.82, 2.24) is 0 Å². The van der Waals surface area contributed by atoms with Crippen molar-refractivity contribution in [2.75, 3.05) is 0 Å². The van der Waals surface area contributed by atoms with Crippen LogP contribution < -0.4 is 0 Å². The normalized spacial score (nSPS) is 16.5. The van der Waals surface area contributed by atoms with Gasteiger partial charge in [0.1, 0.15) is 0 Å². The number of hydrogen-bond donors (Lipinski definition) is 0. The SMILES string of the molecule is CC1=C(c2ccccc2)N=C(C2=Cc3sc4cc(-c5cccc6c5-c5ccccc5CC6)ccc4c3CC2)CC=C1c1ccc(C2=CC=CCC2)cc1. The van der Waals surface area contributed by atoms with Crippen LogP contribution in [0.25, 0.3) is 55.3 Å². The lowest BCUT2D eigenvalue weighted by atomic mass is 9.81. The molecule has 5 aromatic carbocycles. The average Bonchev–Trinajstić information content (AvgIpc) is 3.50. The van der Waals surface area contributed by atoms with E-state index in [1.165, 1.54) is 98.6 Å². The van der Waals surface area contributed by atoms with Gasteiger partial charge in [-0.25, -0.2) is 0 Å². The molecule has 0 spiro atoms. The van der Waals surface area contributed by atoms with Crippen molar-refractivity contribution in [2.24, 2.45) is 4.99 Å². The molecule has 53 heavy (non-hydrogen) atoms. The highest BCUT2D eigenvalue weighted by Crippen LogP contribution is 2.45. The number of fused-ring (bicyclic) bond motifs is 6. The lowest BCUT2D eigenvalue weighted by molar-refractivity contribution is 0.942. The topological polar surface area (TPSA) is 12.4 Å². The lowest BCUT2D eigenvalue weighted by Gasteiger charge is -2.23. The van der Waals surface area contributed by atoms with Gasteiger partial charge < -0.3 is 0 Å². The van der Waals surface area contributed by atoms with Crippen molar-refractivity contribution in [3.8, 4) is 22.3 Å². The Labute approximate surface area is 316 Å². The van der Waals surface area contributed by atoms with Crippen LogP contribution in [0.2, 0.25) is 0 Å². The molecule has 2 heteroatoms. The van der Waals surface area contributed by atoms with Gasteiger partial charge in [0.15, 0.2) is 0 Å². The molecule has 0 radical (unpaired) electrons. The molecule has 3 aliphatic carbocycles. The molecule has 256 valence electrons. The van der Waals surface area contributed by atoms with E-state index < -0.39 is 0 Å². The summed E-state index contributed by atoms with van der Waals surface area (Å²) in [6, 6.07) is 43.0. The van der Waals surface area contributed by atoms with Crippen LogP contribution in [-0.2, 0) is 19.3 Å². The molecule has 4 aliphatic rings. The fourth-order valence-corrected chi connectivity index (χ4v) is 10.2. The van der Waals surface area contributed by atoms with Crippen molar-refractivity contribution < 1.29 is 0 Å². The van der Waals surface area contributed by atoms with Crippen LogP contribution in [0.3, 0.4) is 0 Å². The largest absolute Gasteiger partial charge is 0.252 e. The summed E-state index contributed by atoms with van der Waals surface area (Å²) in [4.78, 5) is 6.91. The molecule has 1 aromatic heterocycles. The minimum absolute atomic E-state index is 0.817. The van der Waals surface area contributed by atoms with E-state index in [4.69, 9.17) is 4.99 Å². The maximum absolute atomic E-state index is 5.52. The summed E-state index contributed by atoms with van der Waals surface area (Å²) in [7, 11) is 0. The van der Waals surface area contributed by atoms with Gasteiger partial charge in [-0.1, -0.05) is 133 Å². The van der Waals surface area contributed by atoms with Gasteiger partial charge in [-0.3, -0.25) is 4.99 Å². The zero-order chi connectivity index (χ0) is 35.3. The molecule has 2 heterocycles. The summed E-state index contributed by atoms with van der Waals surface area (Å²) in [5.74, 6) is 0. The quantitative estimate of drug-likeness (QED) is 0.170. The third kappa shape index (κ3) is 5.83. The van der Waals surface area contributed by atoms with Crippen LogP contribution in [0.5, 0.6) is 0 Å². The van der Waals surface area contributed by atoms with E-state index in [2.05, 4.69) is 153 Å². The zero-order valence-electron chi connectivity index (χ0n) is 30.2. The Bertz CT molecular complexity index is 2620. The van der Waals surface area contributed by atoms with E-state index in [-0.39, 0.29) is 0 Å². The number of aliphatic imine (C=N–C) groups is 1. The maximum atomic E-state index is 5.52. The minimum atomic E-state index is 0.817. The molecule has 10 rings (SSSR count). The second kappa shape index (κ2) is 13.4. The fraction of sp³-hybridized carbons (Fsp3) is 0.157. The van der Waals surface area contributed by atoms with Crippen LogP contribution in [0.1, 0.15) is 70.9 Å². The first-order valence-corrected chi connectivity index (χ1v) is 20.0. The van der Waals surface area contributed by atoms with E-state index in [1.807, 2.05) is 11.3 Å². The van der Waals surface area contributed by atoms with Gasteiger partial charge in [0, 0.05) is 27.3 Å². The Kier molecular flexibility index (Phi) is 8.14. The summed E-state index contributed by atoms with van der Waals surface area (Å²) in [5.41, 5.74) is 21.2. The number of rotatable bonds is 5.